The molecule has 0 saturated heterocycles. The van der Waals surface area contributed by atoms with Crippen molar-refractivity contribution < 1.29 is 14.3 Å². The largest absolute Gasteiger partial charge is 0.483 e. The van der Waals surface area contributed by atoms with Crippen LogP contribution < -0.4 is 15.4 Å². The zero-order valence-corrected chi connectivity index (χ0v) is 17.5. The summed E-state index contributed by atoms with van der Waals surface area (Å²) in [4.78, 5) is 28.9. The van der Waals surface area contributed by atoms with Crippen molar-refractivity contribution in [2.24, 2.45) is 0 Å². The lowest BCUT2D eigenvalue weighted by Crippen LogP contribution is -2.25. The number of para-hydroxylation sites is 1. The van der Waals surface area contributed by atoms with Crippen molar-refractivity contribution >= 4 is 44.8 Å². The number of hydrogen-bond acceptors (Lipinski definition) is 5. The van der Waals surface area contributed by atoms with Gasteiger partial charge in [-0.3, -0.25) is 9.59 Å². The second-order valence-corrected chi connectivity index (χ2v) is 7.86. The summed E-state index contributed by atoms with van der Waals surface area (Å²) in [5.41, 5.74) is 1.84. The van der Waals surface area contributed by atoms with E-state index in [0.717, 1.165) is 15.2 Å². The van der Waals surface area contributed by atoms with Gasteiger partial charge in [0.15, 0.2) is 6.61 Å². The van der Waals surface area contributed by atoms with E-state index in [2.05, 4.69) is 31.5 Å². The van der Waals surface area contributed by atoms with Crippen LogP contribution in [0.5, 0.6) is 5.75 Å². The van der Waals surface area contributed by atoms with Crippen LogP contribution in [-0.2, 0) is 11.3 Å². The number of anilines is 1. The maximum Gasteiger partial charge on any atom is 0.262 e. The van der Waals surface area contributed by atoms with Crippen molar-refractivity contribution in [1.29, 1.82) is 0 Å². The number of aromatic nitrogens is 1. The molecule has 3 rings (SSSR count). The van der Waals surface area contributed by atoms with Gasteiger partial charge in [-0.05, 0) is 43.3 Å². The zero-order chi connectivity index (χ0) is 19.9. The minimum atomic E-state index is -0.310. The fourth-order valence-electron chi connectivity index (χ4n) is 2.41. The van der Waals surface area contributed by atoms with E-state index in [1.165, 1.54) is 11.3 Å². The van der Waals surface area contributed by atoms with E-state index in [1.807, 2.05) is 24.4 Å². The van der Waals surface area contributed by atoms with Crippen molar-refractivity contribution in [1.82, 2.24) is 10.3 Å². The average Bonchev–Trinajstić information content (AvgIpc) is 3.12. The summed E-state index contributed by atoms with van der Waals surface area (Å²) < 4.78 is 6.50. The highest BCUT2D eigenvalue weighted by Crippen LogP contribution is 2.19. The molecule has 0 fully saturated rings. The predicted octanol–water partition coefficient (Wildman–Crippen LogP) is 4.16. The van der Waals surface area contributed by atoms with Crippen LogP contribution >= 0.6 is 27.3 Å². The summed E-state index contributed by atoms with van der Waals surface area (Å²) in [5, 5.41) is 8.42. The number of carbonyl (C=O) groups excluding carboxylic acids is 2. The average molecular weight is 460 g/mol. The molecule has 0 saturated carbocycles. The molecule has 0 radical (unpaired) electrons. The van der Waals surface area contributed by atoms with Crippen molar-refractivity contribution in [3.63, 3.8) is 0 Å². The molecule has 0 bridgehead atoms. The van der Waals surface area contributed by atoms with Crippen molar-refractivity contribution in [3.8, 4) is 5.75 Å². The topological polar surface area (TPSA) is 80.3 Å². The van der Waals surface area contributed by atoms with Gasteiger partial charge >= 0.3 is 0 Å². The summed E-state index contributed by atoms with van der Waals surface area (Å²) in [6, 6.07) is 14.0. The fourth-order valence-corrected chi connectivity index (χ4v) is 3.29. The monoisotopic (exact) mass is 459 g/mol. The van der Waals surface area contributed by atoms with Gasteiger partial charge in [-0.2, -0.15) is 0 Å². The molecule has 0 aliphatic rings. The van der Waals surface area contributed by atoms with E-state index in [0.29, 0.717) is 23.5 Å². The highest BCUT2D eigenvalue weighted by molar-refractivity contribution is 9.10. The Morgan fingerprint density at radius 2 is 1.89 bits per heavy atom. The van der Waals surface area contributed by atoms with Crippen LogP contribution in [-0.4, -0.2) is 23.4 Å². The number of benzene rings is 2. The van der Waals surface area contributed by atoms with E-state index in [1.54, 1.807) is 36.4 Å². The summed E-state index contributed by atoms with van der Waals surface area (Å²) in [7, 11) is 0. The standard InChI is InChI=1S/C20H18BrN3O3S/c1-13-23-16(12-28-13)10-22-20(26)17-4-2-3-5-18(17)27-11-19(25)24-15-8-6-14(21)7-9-15/h2-9,12H,10-11H2,1H3,(H,22,26)(H,24,25). The van der Waals surface area contributed by atoms with Crippen LogP contribution in [0.15, 0.2) is 58.4 Å². The van der Waals surface area contributed by atoms with Crippen molar-refractivity contribution in [2.45, 2.75) is 13.5 Å². The zero-order valence-electron chi connectivity index (χ0n) is 15.1. The number of ether oxygens (including phenoxy) is 1. The molecular weight excluding hydrogens is 442 g/mol. The first-order chi connectivity index (χ1) is 13.5. The van der Waals surface area contributed by atoms with E-state index in [9.17, 15) is 9.59 Å². The van der Waals surface area contributed by atoms with Crippen molar-refractivity contribution in [2.75, 3.05) is 11.9 Å². The van der Waals surface area contributed by atoms with Gasteiger partial charge in [0, 0.05) is 15.5 Å². The number of aryl methyl sites for hydroxylation is 1. The molecular formula is C20H18BrN3O3S. The van der Waals surface area contributed by atoms with Gasteiger partial charge in [0.2, 0.25) is 0 Å². The van der Waals surface area contributed by atoms with Gasteiger partial charge in [0.05, 0.1) is 22.8 Å². The molecule has 3 aromatic rings. The molecule has 1 heterocycles. The van der Waals surface area contributed by atoms with E-state index in [4.69, 9.17) is 4.74 Å². The third kappa shape index (κ3) is 5.64. The van der Waals surface area contributed by atoms with E-state index in [-0.39, 0.29) is 18.4 Å². The Labute approximate surface area is 175 Å². The Kier molecular flexibility index (Phi) is 6.78. The smallest absolute Gasteiger partial charge is 0.262 e. The highest BCUT2D eigenvalue weighted by Gasteiger charge is 2.14. The summed E-state index contributed by atoms with van der Waals surface area (Å²) >= 11 is 4.88. The molecule has 0 unspecified atom stereocenters. The predicted molar refractivity (Wildman–Crippen MR) is 113 cm³/mol. The Hall–Kier alpha value is -2.71. The van der Waals surface area contributed by atoms with Crippen LogP contribution in [0.25, 0.3) is 0 Å². The van der Waals surface area contributed by atoms with Gasteiger partial charge in [0.25, 0.3) is 11.8 Å². The maximum atomic E-state index is 12.5. The lowest BCUT2D eigenvalue weighted by Gasteiger charge is -2.11. The number of hydrogen-bond donors (Lipinski definition) is 2. The summed E-state index contributed by atoms with van der Waals surface area (Å²) in [6.07, 6.45) is 0. The third-order valence-electron chi connectivity index (χ3n) is 3.72. The van der Waals surface area contributed by atoms with Crippen molar-refractivity contribution in [3.05, 3.63) is 74.6 Å². The molecule has 0 aliphatic carbocycles. The van der Waals surface area contributed by atoms with E-state index < -0.39 is 0 Å². The lowest BCUT2D eigenvalue weighted by atomic mass is 10.2. The van der Waals surface area contributed by atoms with Crippen LogP contribution in [0.4, 0.5) is 5.69 Å². The minimum Gasteiger partial charge on any atom is -0.483 e. The molecule has 144 valence electrons. The van der Waals surface area contributed by atoms with Crippen LogP contribution in [0.1, 0.15) is 21.1 Å². The number of carbonyl (C=O) groups is 2. The first kappa shape index (κ1) is 20.0. The van der Waals surface area contributed by atoms with E-state index >= 15 is 0 Å². The molecule has 2 aromatic carbocycles. The Morgan fingerprint density at radius 3 is 2.61 bits per heavy atom. The van der Waals surface area contributed by atoms with Crippen LogP contribution in [0, 0.1) is 6.92 Å². The molecule has 2 amide bonds. The van der Waals surface area contributed by atoms with Crippen LogP contribution in [0.3, 0.4) is 0 Å². The number of amides is 2. The lowest BCUT2D eigenvalue weighted by molar-refractivity contribution is -0.118. The second kappa shape index (κ2) is 9.48. The summed E-state index contributed by atoms with van der Waals surface area (Å²) in [6.45, 7) is 2.05. The van der Waals surface area contributed by atoms with Crippen LogP contribution in [0.2, 0.25) is 0 Å². The Bertz CT molecular complexity index is 973. The number of rotatable bonds is 7. The first-order valence-electron chi connectivity index (χ1n) is 8.48. The third-order valence-corrected chi connectivity index (χ3v) is 5.07. The quantitative estimate of drug-likeness (QED) is 0.555. The summed E-state index contributed by atoms with van der Waals surface area (Å²) in [5.74, 6) is -0.245. The normalized spacial score (nSPS) is 10.4. The second-order valence-electron chi connectivity index (χ2n) is 5.88. The Morgan fingerprint density at radius 1 is 1.14 bits per heavy atom. The minimum absolute atomic E-state index is 0.203. The van der Waals surface area contributed by atoms with Gasteiger partial charge in [-0.15, -0.1) is 11.3 Å². The molecule has 28 heavy (non-hydrogen) atoms. The molecule has 0 aliphatic heterocycles. The number of nitrogens with zero attached hydrogens (tertiary/aromatic N) is 1. The SMILES string of the molecule is Cc1nc(CNC(=O)c2ccccc2OCC(=O)Nc2ccc(Br)cc2)cs1. The first-order valence-corrected chi connectivity index (χ1v) is 10.1. The Balaban J connectivity index is 1.57. The number of thiazole rings is 1. The van der Waals surface area contributed by atoms with Gasteiger partial charge in [0.1, 0.15) is 5.75 Å². The highest BCUT2D eigenvalue weighted by atomic mass is 79.9. The maximum absolute atomic E-state index is 12.5. The van der Waals surface area contributed by atoms with Gasteiger partial charge in [-0.1, -0.05) is 28.1 Å². The molecule has 2 N–H and O–H groups in total. The molecule has 8 heteroatoms. The fraction of sp³-hybridized carbons (Fsp3) is 0.150. The van der Waals surface area contributed by atoms with Gasteiger partial charge in [-0.25, -0.2) is 4.98 Å². The number of nitrogens with one attached hydrogen (secondary N) is 2. The molecule has 0 spiro atoms. The number of halogens is 1. The molecule has 6 nitrogen and oxygen atoms in total. The van der Waals surface area contributed by atoms with Gasteiger partial charge < -0.3 is 15.4 Å². The molecule has 0 atom stereocenters. The molecule has 1 aromatic heterocycles.